The molecule has 0 amide bonds. The normalized spacial score (nSPS) is 18.1. The van der Waals surface area contributed by atoms with Gasteiger partial charge in [0.15, 0.2) is 11.5 Å². The summed E-state index contributed by atoms with van der Waals surface area (Å²) in [6.07, 6.45) is 2.56. The molecule has 24 heavy (non-hydrogen) atoms. The molecule has 1 aromatic carbocycles. The van der Waals surface area contributed by atoms with Crippen LogP contribution in [0, 0.1) is 5.92 Å². The molecule has 1 saturated heterocycles. The van der Waals surface area contributed by atoms with Crippen LogP contribution in [0.5, 0.6) is 17.2 Å². The van der Waals surface area contributed by atoms with Crippen LogP contribution in [-0.4, -0.2) is 58.9 Å². The van der Waals surface area contributed by atoms with Gasteiger partial charge in [0.2, 0.25) is 5.75 Å². The summed E-state index contributed by atoms with van der Waals surface area (Å²) in [6.45, 7) is 2.18. The van der Waals surface area contributed by atoms with Crippen LogP contribution in [0.1, 0.15) is 18.4 Å². The Balaban J connectivity index is 1.93. The van der Waals surface area contributed by atoms with E-state index in [0.29, 0.717) is 30.3 Å². The molecule has 1 aliphatic rings. The van der Waals surface area contributed by atoms with Crippen molar-refractivity contribution in [3.05, 3.63) is 17.7 Å². The van der Waals surface area contributed by atoms with Gasteiger partial charge in [-0.05, 0) is 44.1 Å². The Kier molecular flexibility index (Phi) is 6.73. The topological polar surface area (TPSA) is 57.2 Å². The fourth-order valence-electron chi connectivity index (χ4n) is 3.03. The molecule has 1 aliphatic heterocycles. The molecule has 0 N–H and O–H groups in total. The Hall–Kier alpha value is -1.95. The summed E-state index contributed by atoms with van der Waals surface area (Å²) in [5.41, 5.74) is 0.970. The van der Waals surface area contributed by atoms with Crippen LogP contribution < -0.4 is 14.2 Å². The third-order valence-electron chi connectivity index (χ3n) is 4.32. The molecule has 6 nitrogen and oxygen atoms in total. The number of hydrogen-bond acceptors (Lipinski definition) is 6. The van der Waals surface area contributed by atoms with Gasteiger partial charge >= 0.3 is 5.97 Å². The maximum absolute atomic E-state index is 12.2. The standard InChI is InChI=1S/C18H27NO5/c1-19-8-5-6-14(12-19)18(20)24-9-7-13-10-15(21-2)17(23-4)16(11-13)22-3/h10-11,14H,5-9,12H2,1-4H3. The number of likely N-dealkylation sites (tertiary alicyclic amines) is 1. The number of hydrogen-bond donors (Lipinski definition) is 0. The maximum Gasteiger partial charge on any atom is 0.310 e. The highest BCUT2D eigenvalue weighted by molar-refractivity contribution is 5.72. The van der Waals surface area contributed by atoms with Gasteiger partial charge in [0.05, 0.1) is 33.9 Å². The predicted octanol–water partition coefficient (Wildman–Crippen LogP) is 2.14. The van der Waals surface area contributed by atoms with Crippen LogP contribution in [0.3, 0.4) is 0 Å². The molecule has 1 atom stereocenters. The molecule has 1 fully saturated rings. The van der Waals surface area contributed by atoms with Gasteiger partial charge in [-0.2, -0.15) is 0 Å². The van der Waals surface area contributed by atoms with E-state index in [0.717, 1.165) is 31.5 Å². The Bertz CT molecular complexity index is 535. The fourth-order valence-corrected chi connectivity index (χ4v) is 3.03. The van der Waals surface area contributed by atoms with Gasteiger partial charge in [-0.1, -0.05) is 0 Å². The highest BCUT2D eigenvalue weighted by Crippen LogP contribution is 2.38. The van der Waals surface area contributed by atoms with Crippen molar-refractivity contribution in [1.82, 2.24) is 4.90 Å². The van der Waals surface area contributed by atoms with E-state index < -0.39 is 0 Å². The van der Waals surface area contributed by atoms with E-state index in [1.165, 1.54) is 0 Å². The lowest BCUT2D eigenvalue weighted by atomic mass is 9.99. The molecule has 0 radical (unpaired) electrons. The Morgan fingerprint density at radius 2 is 1.83 bits per heavy atom. The zero-order valence-corrected chi connectivity index (χ0v) is 15.0. The van der Waals surface area contributed by atoms with Gasteiger partial charge in [0.1, 0.15) is 0 Å². The number of ether oxygens (including phenoxy) is 4. The Morgan fingerprint density at radius 3 is 2.38 bits per heavy atom. The van der Waals surface area contributed by atoms with Gasteiger partial charge in [-0.3, -0.25) is 4.79 Å². The summed E-state index contributed by atoms with van der Waals surface area (Å²) in [7, 11) is 6.78. The summed E-state index contributed by atoms with van der Waals surface area (Å²) >= 11 is 0. The zero-order valence-electron chi connectivity index (χ0n) is 15.0. The smallest absolute Gasteiger partial charge is 0.310 e. The molecule has 0 spiro atoms. The summed E-state index contributed by atoms with van der Waals surface area (Å²) < 4.78 is 21.4. The molecule has 6 heteroatoms. The molecule has 0 saturated carbocycles. The van der Waals surface area contributed by atoms with Gasteiger partial charge in [0.25, 0.3) is 0 Å². The number of benzene rings is 1. The lowest BCUT2D eigenvalue weighted by Crippen LogP contribution is -2.37. The van der Waals surface area contributed by atoms with E-state index in [1.807, 2.05) is 19.2 Å². The third kappa shape index (κ3) is 4.54. The SMILES string of the molecule is COc1cc(CCOC(=O)C2CCCN(C)C2)cc(OC)c1OC. The van der Waals surface area contributed by atoms with Crippen LogP contribution >= 0.6 is 0 Å². The number of rotatable bonds is 7. The molecular weight excluding hydrogens is 310 g/mol. The first kappa shape index (κ1) is 18.4. The Labute approximate surface area is 143 Å². The van der Waals surface area contributed by atoms with E-state index in [9.17, 15) is 4.79 Å². The van der Waals surface area contributed by atoms with E-state index in [1.54, 1.807) is 21.3 Å². The highest BCUT2D eigenvalue weighted by atomic mass is 16.5. The maximum atomic E-state index is 12.2. The number of piperidine rings is 1. The van der Waals surface area contributed by atoms with Crippen LogP contribution in [-0.2, 0) is 16.0 Å². The Morgan fingerprint density at radius 1 is 1.17 bits per heavy atom. The number of carbonyl (C=O) groups is 1. The van der Waals surface area contributed by atoms with Crippen molar-refractivity contribution in [1.29, 1.82) is 0 Å². The lowest BCUT2D eigenvalue weighted by Gasteiger charge is -2.28. The molecule has 2 rings (SSSR count). The quantitative estimate of drug-likeness (QED) is 0.711. The van der Waals surface area contributed by atoms with E-state index in [-0.39, 0.29) is 11.9 Å². The van der Waals surface area contributed by atoms with Gasteiger partial charge < -0.3 is 23.8 Å². The van der Waals surface area contributed by atoms with Crippen LogP contribution in [0.15, 0.2) is 12.1 Å². The van der Waals surface area contributed by atoms with Crippen LogP contribution in [0.2, 0.25) is 0 Å². The van der Waals surface area contributed by atoms with Crippen molar-refractivity contribution >= 4 is 5.97 Å². The second-order valence-electron chi connectivity index (χ2n) is 6.05. The van der Waals surface area contributed by atoms with Crippen LogP contribution in [0.4, 0.5) is 0 Å². The number of carbonyl (C=O) groups excluding carboxylic acids is 1. The molecule has 1 aromatic rings. The first-order valence-corrected chi connectivity index (χ1v) is 8.23. The third-order valence-corrected chi connectivity index (χ3v) is 4.32. The first-order chi connectivity index (χ1) is 11.6. The van der Waals surface area contributed by atoms with Crippen LogP contribution in [0.25, 0.3) is 0 Å². The van der Waals surface area contributed by atoms with Gasteiger partial charge in [-0.25, -0.2) is 0 Å². The lowest BCUT2D eigenvalue weighted by molar-refractivity contribution is -0.150. The molecule has 0 aromatic heterocycles. The first-order valence-electron chi connectivity index (χ1n) is 8.23. The molecule has 134 valence electrons. The summed E-state index contributed by atoms with van der Waals surface area (Å²) in [5.74, 6) is 1.66. The van der Waals surface area contributed by atoms with Crippen molar-refractivity contribution < 1.29 is 23.7 Å². The second-order valence-corrected chi connectivity index (χ2v) is 6.05. The average Bonchev–Trinajstić information content (AvgIpc) is 2.60. The molecule has 0 bridgehead atoms. The number of methoxy groups -OCH3 is 3. The summed E-state index contributed by atoms with van der Waals surface area (Å²) in [5, 5.41) is 0. The average molecular weight is 337 g/mol. The second kappa shape index (κ2) is 8.78. The van der Waals surface area contributed by atoms with Crippen molar-refractivity contribution in [2.45, 2.75) is 19.3 Å². The fraction of sp³-hybridized carbons (Fsp3) is 0.611. The zero-order chi connectivity index (χ0) is 17.5. The van der Waals surface area contributed by atoms with Gasteiger partial charge in [0, 0.05) is 13.0 Å². The van der Waals surface area contributed by atoms with Crippen molar-refractivity contribution in [2.75, 3.05) is 48.1 Å². The monoisotopic (exact) mass is 337 g/mol. The minimum absolute atomic E-state index is 0.0105. The minimum Gasteiger partial charge on any atom is -0.493 e. The summed E-state index contributed by atoms with van der Waals surface area (Å²) in [4.78, 5) is 14.3. The number of nitrogens with zero attached hydrogens (tertiary/aromatic N) is 1. The summed E-state index contributed by atoms with van der Waals surface area (Å²) in [6, 6.07) is 3.76. The van der Waals surface area contributed by atoms with Crippen molar-refractivity contribution in [2.24, 2.45) is 5.92 Å². The molecular formula is C18H27NO5. The minimum atomic E-state index is -0.103. The largest absolute Gasteiger partial charge is 0.493 e. The molecule has 1 heterocycles. The van der Waals surface area contributed by atoms with Crippen molar-refractivity contribution in [3.8, 4) is 17.2 Å². The van der Waals surface area contributed by atoms with E-state index in [2.05, 4.69) is 4.90 Å². The van der Waals surface area contributed by atoms with Gasteiger partial charge in [-0.15, -0.1) is 0 Å². The molecule has 0 aliphatic carbocycles. The highest BCUT2D eigenvalue weighted by Gasteiger charge is 2.25. The number of esters is 1. The van der Waals surface area contributed by atoms with E-state index in [4.69, 9.17) is 18.9 Å². The molecule has 1 unspecified atom stereocenters. The predicted molar refractivity (Wildman–Crippen MR) is 91.0 cm³/mol. The van der Waals surface area contributed by atoms with E-state index >= 15 is 0 Å². The van der Waals surface area contributed by atoms with Crippen molar-refractivity contribution in [3.63, 3.8) is 0 Å².